The van der Waals surface area contributed by atoms with Gasteiger partial charge in [-0.05, 0) is 31.9 Å². The van der Waals surface area contributed by atoms with Gasteiger partial charge in [0.15, 0.2) is 6.10 Å². The highest BCUT2D eigenvalue weighted by molar-refractivity contribution is 5.81. The Balaban J connectivity index is 1.59. The van der Waals surface area contributed by atoms with Crippen LogP contribution < -0.4 is 10.1 Å². The number of nitrogens with one attached hydrogen (secondary N) is 1. The van der Waals surface area contributed by atoms with Crippen molar-refractivity contribution in [2.75, 3.05) is 0 Å². The second-order valence-electron chi connectivity index (χ2n) is 6.38. The van der Waals surface area contributed by atoms with Crippen molar-refractivity contribution in [2.45, 2.75) is 39.8 Å². The molecule has 1 heterocycles. The fourth-order valence-electron chi connectivity index (χ4n) is 2.59. The van der Waals surface area contributed by atoms with E-state index in [-0.39, 0.29) is 12.5 Å². The van der Waals surface area contributed by atoms with E-state index in [2.05, 4.69) is 15.5 Å². The lowest BCUT2D eigenvalue weighted by Gasteiger charge is -2.18. The molecule has 1 unspecified atom stereocenters. The summed E-state index contributed by atoms with van der Waals surface area (Å²) in [6, 6.07) is 15.5. The summed E-state index contributed by atoms with van der Waals surface area (Å²) in [4.78, 5) is 16.8. The van der Waals surface area contributed by atoms with E-state index in [4.69, 9.17) is 9.26 Å². The third kappa shape index (κ3) is 4.73. The van der Waals surface area contributed by atoms with Crippen LogP contribution in [-0.4, -0.2) is 22.2 Å². The lowest BCUT2D eigenvalue weighted by Crippen LogP contribution is -2.37. The number of hydrogen-bond donors (Lipinski definition) is 1. The van der Waals surface area contributed by atoms with Crippen LogP contribution in [0.2, 0.25) is 0 Å². The van der Waals surface area contributed by atoms with Gasteiger partial charge in [0.25, 0.3) is 5.91 Å². The minimum absolute atomic E-state index is 0.158. The summed E-state index contributed by atoms with van der Waals surface area (Å²) in [6.07, 6.45) is -0.0240. The van der Waals surface area contributed by atoms with Crippen LogP contribution in [-0.2, 0) is 11.3 Å². The van der Waals surface area contributed by atoms with Crippen LogP contribution in [0.4, 0.5) is 0 Å². The molecule has 6 heteroatoms. The number of ether oxygens (including phenoxy) is 1. The van der Waals surface area contributed by atoms with Gasteiger partial charge in [-0.15, -0.1) is 0 Å². The van der Waals surface area contributed by atoms with Crippen LogP contribution >= 0.6 is 0 Å². The Labute approximate surface area is 158 Å². The summed E-state index contributed by atoms with van der Waals surface area (Å²) in [7, 11) is 0. The smallest absolute Gasteiger partial charge is 0.261 e. The predicted molar refractivity (Wildman–Crippen MR) is 102 cm³/mol. The number of carbonyl (C=O) groups excluding carboxylic acids is 1. The quantitative estimate of drug-likeness (QED) is 0.688. The summed E-state index contributed by atoms with van der Waals surface area (Å²) in [5.41, 5.74) is 3.02. The molecule has 0 fully saturated rings. The summed E-state index contributed by atoms with van der Waals surface area (Å²) < 4.78 is 11.1. The van der Waals surface area contributed by atoms with Gasteiger partial charge < -0.3 is 14.6 Å². The zero-order valence-electron chi connectivity index (χ0n) is 15.7. The molecule has 0 bridgehead atoms. The van der Waals surface area contributed by atoms with Gasteiger partial charge in [-0.25, -0.2) is 0 Å². The number of benzene rings is 2. The molecular weight excluding hydrogens is 342 g/mol. The first-order valence-corrected chi connectivity index (χ1v) is 8.96. The molecule has 140 valence electrons. The molecule has 27 heavy (non-hydrogen) atoms. The highest BCUT2D eigenvalue weighted by Crippen LogP contribution is 2.19. The molecule has 0 aliphatic rings. The summed E-state index contributed by atoms with van der Waals surface area (Å²) in [6.45, 7) is 6.03. The Morgan fingerprint density at radius 1 is 1.15 bits per heavy atom. The Hall–Kier alpha value is -3.15. The molecule has 3 aromatic rings. The molecule has 0 spiro atoms. The van der Waals surface area contributed by atoms with Crippen molar-refractivity contribution in [1.29, 1.82) is 0 Å². The van der Waals surface area contributed by atoms with Crippen LogP contribution in [0.25, 0.3) is 11.4 Å². The van der Waals surface area contributed by atoms with E-state index in [1.54, 1.807) is 0 Å². The maximum absolute atomic E-state index is 12.5. The molecule has 3 rings (SSSR count). The second-order valence-corrected chi connectivity index (χ2v) is 6.38. The lowest BCUT2D eigenvalue weighted by molar-refractivity contribution is -0.128. The maximum atomic E-state index is 12.5. The van der Waals surface area contributed by atoms with Gasteiger partial charge in [-0.3, -0.25) is 4.79 Å². The van der Waals surface area contributed by atoms with E-state index < -0.39 is 6.10 Å². The SMILES string of the molecule is CCC(Oc1ccccc1C)C(=O)NCc1nc(-c2ccc(C)cc2)no1. The van der Waals surface area contributed by atoms with Crippen molar-refractivity contribution < 1.29 is 14.1 Å². The molecule has 0 saturated carbocycles. The average molecular weight is 365 g/mol. The van der Waals surface area contributed by atoms with Crippen LogP contribution in [0.5, 0.6) is 5.75 Å². The fraction of sp³-hybridized carbons (Fsp3) is 0.286. The lowest BCUT2D eigenvalue weighted by atomic mass is 10.1. The highest BCUT2D eigenvalue weighted by atomic mass is 16.5. The molecule has 0 saturated heterocycles. The first kappa shape index (κ1) is 18.6. The molecule has 1 atom stereocenters. The molecule has 1 aromatic heterocycles. The third-order valence-corrected chi connectivity index (χ3v) is 4.22. The van der Waals surface area contributed by atoms with Crippen LogP contribution in [0, 0.1) is 13.8 Å². The number of rotatable bonds is 7. The van der Waals surface area contributed by atoms with Gasteiger partial charge in [-0.1, -0.05) is 60.1 Å². The molecule has 1 N–H and O–H groups in total. The molecular formula is C21H23N3O3. The van der Waals surface area contributed by atoms with Gasteiger partial charge in [0, 0.05) is 5.56 Å². The normalized spacial score (nSPS) is 11.8. The summed E-state index contributed by atoms with van der Waals surface area (Å²) in [5, 5.41) is 6.77. The number of nitrogens with zero attached hydrogens (tertiary/aromatic N) is 2. The molecule has 0 radical (unpaired) electrons. The predicted octanol–water partition coefficient (Wildman–Crippen LogP) is 3.83. The third-order valence-electron chi connectivity index (χ3n) is 4.22. The van der Waals surface area contributed by atoms with E-state index in [1.807, 2.05) is 69.3 Å². The zero-order chi connectivity index (χ0) is 19.2. The van der Waals surface area contributed by atoms with Crippen LogP contribution in [0.15, 0.2) is 53.1 Å². The van der Waals surface area contributed by atoms with E-state index in [0.29, 0.717) is 23.9 Å². The zero-order valence-corrected chi connectivity index (χ0v) is 15.7. The van der Waals surface area contributed by atoms with E-state index >= 15 is 0 Å². The van der Waals surface area contributed by atoms with Crippen molar-refractivity contribution >= 4 is 5.91 Å². The van der Waals surface area contributed by atoms with Gasteiger partial charge in [0.2, 0.25) is 11.7 Å². The molecule has 6 nitrogen and oxygen atoms in total. The van der Waals surface area contributed by atoms with Crippen molar-refractivity contribution in [2.24, 2.45) is 0 Å². The topological polar surface area (TPSA) is 77.2 Å². The standard InChI is InChI=1S/C21H23N3O3/c1-4-17(26-18-8-6-5-7-15(18)3)21(25)22-13-19-23-20(24-27-19)16-11-9-14(2)10-12-16/h5-12,17H,4,13H2,1-3H3,(H,22,25). The molecule has 1 amide bonds. The minimum atomic E-state index is -0.578. The van der Waals surface area contributed by atoms with Crippen molar-refractivity contribution in [3.8, 4) is 17.1 Å². The van der Waals surface area contributed by atoms with Gasteiger partial charge >= 0.3 is 0 Å². The fourth-order valence-corrected chi connectivity index (χ4v) is 2.59. The average Bonchev–Trinajstić information content (AvgIpc) is 3.15. The molecule has 0 aliphatic heterocycles. The molecule has 0 aliphatic carbocycles. The highest BCUT2D eigenvalue weighted by Gasteiger charge is 2.20. The number of aryl methyl sites for hydroxylation is 2. The van der Waals surface area contributed by atoms with Gasteiger partial charge in [0.05, 0.1) is 6.54 Å². The van der Waals surface area contributed by atoms with Crippen molar-refractivity contribution in [3.63, 3.8) is 0 Å². The number of amides is 1. The Morgan fingerprint density at radius 3 is 2.59 bits per heavy atom. The summed E-state index contributed by atoms with van der Waals surface area (Å²) >= 11 is 0. The van der Waals surface area contributed by atoms with Crippen molar-refractivity contribution in [1.82, 2.24) is 15.5 Å². The van der Waals surface area contributed by atoms with Crippen LogP contribution in [0.1, 0.15) is 30.4 Å². The first-order chi connectivity index (χ1) is 13.1. The Morgan fingerprint density at radius 2 is 1.89 bits per heavy atom. The number of para-hydroxylation sites is 1. The van der Waals surface area contributed by atoms with Crippen LogP contribution in [0.3, 0.4) is 0 Å². The molecule has 2 aromatic carbocycles. The first-order valence-electron chi connectivity index (χ1n) is 8.96. The minimum Gasteiger partial charge on any atom is -0.480 e. The summed E-state index contributed by atoms with van der Waals surface area (Å²) in [5.74, 6) is 1.35. The second kappa shape index (κ2) is 8.49. The van der Waals surface area contributed by atoms with Gasteiger partial charge in [0.1, 0.15) is 5.75 Å². The van der Waals surface area contributed by atoms with Crippen molar-refractivity contribution in [3.05, 3.63) is 65.5 Å². The maximum Gasteiger partial charge on any atom is 0.261 e. The van der Waals surface area contributed by atoms with E-state index in [9.17, 15) is 4.79 Å². The Kier molecular flexibility index (Phi) is 5.86. The monoisotopic (exact) mass is 365 g/mol. The number of carbonyl (C=O) groups is 1. The largest absolute Gasteiger partial charge is 0.480 e. The number of hydrogen-bond acceptors (Lipinski definition) is 5. The van der Waals surface area contributed by atoms with E-state index in [1.165, 1.54) is 0 Å². The Bertz CT molecular complexity index is 903. The van der Waals surface area contributed by atoms with E-state index in [0.717, 1.165) is 16.7 Å². The number of aromatic nitrogens is 2. The van der Waals surface area contributed by atoms with Gasteiger partial charge in [-0.2, -0.15) is 4.98 Å².